The lowest BCUT2D eigenvalue weighted by molar-refractivity contribution is -0.192. The normalized spacial score (nSPS) is 11.1. The number of ether oxygens (including phenoxy) is 4. The van der Waals surface area contributed by atoms with Crippen LogP contribution in [0.4, 0.5) is 0 Å². The van der Waals surface area contributed by atoms with Crippen LogP contribution in [0.1, 0.15) is 38.8 Å². The third kappa shape index (κ3) is 7.78. The molecular weight excluding hydrogens is 436 g/mol. The van der Waals surface area contributed by atoms with Gasteiger partial charge >= 0.3 is 11.9 Å². The fourth-order valence-corrected chi connectivity index (χ4v) is 2.94. The maximum absolute atomic E-state index is 11.8. The summed E-state index contributed by atoms with van der Waals surface area (Å²) >= 11 is 0. The minimum atomic E-state index is -1.21. The van der Waals surface area contributed by atoms with Crippen molar-refractivity contribution < 1.29 is 33.6 Å². The Balaban J connectivity index is 1.85. The molecule has 0 saturated heterocycles. The Labute approximate surface area is 200 Å². The standard InChI is InChI=1S/C27H32O7/c1-18(2)25(29)33-24(34-26(30)19(3)4)17-31-15-16-32-23-13-9-21(10-14-23)27(5,6)20-7-11-22(28)12-8-20/h7-14,24,28H,1,3,15-17H2,2,4-6H3. The van der Waals surface area contributed by atoms with Crippen molar-refractivity contribution in [3.05, 3.63) is 84.0 Å². The van der Waals surface area contributed by atoms with Gasteiger partial charge in [-0.2, -0.15) is 0 Å². The van der Waals surface area contributed by atoms with Crippen LogP contribution in [0.5, 0.6) is 11.5 Å². The van der Waals surface area contributed by atoms with Crippen molar-refractivity contribution >= 4 is 11.9 Å². The van der Waals surface area contributed by atoms with Gasteiger partial charge in [0.05, 0.1) is 6.61 Å². The van der Waals surface area contributed by atoms with Gasteiger partial charge in [-0.25, -0.2) is 9.59 Å². The highest BCUT2D eigenvalue weighted by Crippen LogP contribution is 2.33. The van der Waals surface area contributed by atoms with Gasteiger partial charge in [-0.15, -0.1) is 0 Å². The Morgan fingerprint density at radius 2 is 1.32 bits per heavy atom. The first-order valence-corrected chi connectivity index (χ1v) is 10.8. The van der Waals surface area contributed by atoms with E-state index < -0.39 is 18.2 Å². The molecule has 0 fully saturated rings. The first-order chi connectivity index (χ1) is 16.0. The third-order valence-corrected chi connectivity index (χ3v) is 5.09. The summed E-state index contributed by atoms with van der Waals surface area (Å²) in [4.78, 5) is 23.5. The zero-order valence-electron chi connectivity index (χ0n) is 20.1. The van der Waals surface area contributed by atoms with E-state index in [1.165, 1.54) is 13.8 Å². The fraction of sp³-hybridized carbons (Fsp3) is 0.333. The summed E-state index contributed by atoms with van der Waals surface area (Å²) in [7, 11) is 0. The summed E-state index contributed by atoms with van der Waals surface area (Å²) in [5.41, 5.74) is 2.30. The zero-order valence-corrected chi connectivity index (χ0v) is 20.1. The fourth-order valence-electron chi connectivity index (χ4n) is 2.94. The Morgan fingerprint density at radius 1 is 0.853 bits per heavy atom. The molecule has 182 valence electrons. The number of esters is 2. The highest BCUT2D eigenvalue weighted by atomic mass is 16.7. The Kier molecular flexibility index (Phi) is 9.45. The highest BCUT2D eigenvalue weighted by Gasteiger charge is 2.23. The van der Waals surface area contributed by atoms with Gasteiger partial charge in [0.2, 0.25) is 0 Å². The second kappa shape index (κ2) is 12.0. The molecule has 0 bridgehead atoms. The molecule has 0 heterocycles. The molecular formula is C27H32O7. The number of rotatable bonds is 12. The van der Waals surface area contributed by atoms with Crippen LogP contribution in [0.15, 0.2) is 72.8 Å². The molecule has 0 unspecified atom stereocenters. The molecule has 2 aromatic rings. The van der Waals surface area contributed by atoms with Gasteiger partial charge < -0.3 is 24.1 Å². The summed E-state index contributed by atoms with van der Waals surface area (Å²) in [5.74, 6) is -0.461. The van der Waals surface area contributed by atoms with E-state index in [4.69, 9.17) is 18.9 Å². The number of phenolic OH excluding ortho intramolecular Hbond substituents is 1. The lowest BCUT2D eigenvalue weighted by Crippen LogP contribution is -2.30. The summed E-state index contributed by atoms with van der Waals surface area (Å²) in [6.07, 6.45) is -1.21. The summed E-state index contributed by atoms with van der Waals surface area (Å²) in [6, 6.07) is 14.9. The molecule has 0 amide bonds. The molecule has 2 rings (SSSR count). The van der Waals surface area contributed by atoms with Gasteiger partial charge in [-0.1, -0.05) is 51.3 Å². The number of hydrogen-bond donors (Lipinski definition) is 1. The van der Waals surface area contributed by atoms with Crippen LogP contribution in [-0.4, -0.2) is 43.2 Å². The number of phenols is 1. The molecule has 7 nitrogen and oxygen atoms in total. The van der Waals surface area contributed by atoms with Crippen LogP contribution in [0.25, 0.3) is 0 Å². The molecule has 0 aliphatic carbocycles. The zero-order chi connectivity index (χ0) is 25.3. The molecule has 0 radical (unpaired) electrons. The average molecular weight is 469 g/mol. The second-order valence-corrected chi connectivity index (χ2v) is 8.42. The van der Waals surface area contributed by atoms with Crippen LogP contribution in [0, 0.1) is 0 Å². The number of carbonyl (C=O) groups excluding carboxylic acids is 2. The van der Waals surface area contributed by atoms with Gasteiger partial charge in [-0.05, 0) is 49.2 Å². The number of aromatic hydroxyl groups is 1. The first-order valence-electron chi connectivity index (χ1n) is 10.8. The summed E-state index contributed by atoms with van der Waals surface area (Å²) in [5, 5.41) is 9.52. The molecule has 7 heteroatoms. The van der Waals surface area contributed by atoms with Gasteiger partial charge in [0, 0.05) is 16.6 Å². The van der Waals surface area contributed by atoms with Crippen LogP contribution < -0.4 is 4.74 Å². The molecule has 0 aromatic heterocycles. The van der Waals surface area contributed by atoms with Crippen molar-refractivity contribution in [1.82, 2.24) is 0 Å². The number of hydrogen-bond acceptors (Lipinski definition) is 7. The maximum Gasteiger partial charge on any atom is 0.336 e. The van der Waals surface area contributed by atoms with E-state index in [1.807, 2.05) is 36.4 Å². The van der Waals surface area contributed by atoms with Crippen LogP contribution >= 0.6 is 0 Å². The largest absolute Gasteiger partial charge is 0.508 e. The quantitative estimate of drug-likeness (QED) is 0.209. The molecule has 0 aliphatic heterocycles. The minimum Gasteiger partial charge on any atom is -0.508 e. The lowest BCUT2D eigenvalue weighted by Gasteiger charge is -2.26. The van der Waals surface area contributed by atoms with E-state index in [2.05, 4.69) is 27.0 Å². The van der Waals surface area contributed by atoms with Crippen molar-refractivity contribution in [3.63, 3.8) is 0 Å². The lowest BCUT2D eigenvalue weighted by atomic mass is 9.78. The monoisotopic (exact) mass is 468 g/mol. The Hall–Kier alpha value is -3.58. The van der Waals surface area contributed by atoms with Crippen LogP contribution in [-0.2, 0) is 29.2 Å². The Bertz CT molecular complexity index is 976. The maximum atomic E-state index is 11.8. The van der Waals surface area contributed by atoms with Crippen molar-refractivity contribution in [1.29, 1.82) is 0 Å². The number of benzene rings is 2. The molecule has 0 saturated carbocycles. The topological polar surface area (TPSA) is 91.3 Å². The van der Waals surface area contributed by atoms with Crippen molar-refractivity contribution in [2.45, 2.75) is 39.4 Å². The minimum absolute atomic E-state index is 0.152. The van der Waals surface area contributed by atoms with Crippen LogP contribution in [0.3, 0.4) is 0 Å². The molecule has 0 atom stereocenters. The van der Waals surface area contributed by atoms with E-state index >= 15 is 0 Å². The van der Waals surface area contributed by atoms with Crippen molar-refractivity contribution in [2.75, 3.05) is 19.8 Å². The van der Waals surface area contributed by atoms with Crippen molar-refractivity contribution in [3.8, 4) is 11.5 Å². The van der Waals surface area contributed by atoms with E-state index in [0.717, 1.165) is 11.1 Å². The average Bonchev–Trinajstić information content (AvgIpc) is 2.79. The van der Waals surface area contributed by atoms with Crippen molar-refractivity contribution in [2.24, 2.45) is 0 Å². The smallest absolute Gasteiger partial charge is 0.336 e. The van der Waals surface area contributed by atoms with Gasteiger partial charge in [-0.3, -0.25) is 0 Å². The first kappa shape index (κ1) is 26.7. The van der Waals surface area contributed by atoms with E-state index in [1.54, 1.807) is 12.1 Å². The molecule has 2 aromatic carbocycles. The second-order valence-electron chi connectivity index (χ2n) is 8.42. The van der Waals surface area contributed by atoms with E-state index in [9.17, 15) is 14.7 Å². The molecule has 0 spiro atoms. The summed E-state index contributed by atoms with van der Waals surface area (Å²) < 4.78 is 21.3. The van der Waals surface area contributed by atoms with Gasteiger partial charge in [0.1, 0.15) is 24.7 Å². The van der Waals surface area contributed by atoms with E-state index in [0.29, 0.717) is 5.75 Å². The number of carbonyl (C=O) groups is 2. The Morgan fingerprint density at radius 3 is 1.79 bits per heavy atom. The predicted octanol–water partition coefficient (Wildman–Crippen LogP) is 4.68. The molecule has 0 aliphatic rings. The van der Waals surface area contributed by atoms with Crippen LogP contribution in [0.2, 0.25) is 0 Å². The van der Waals surface area contributed by atoms with E-state index in [-0.39, 0.29) is 42.1 Å². The molecule has 1 N–H and O–H groups in total. The van der Waals surface area contributed by atoms with Gasteiger partial charge in [0.25, 0.3) is 6.29 Å². The third-order valence-electron chi connectivity index (χ3n) is 5.09. The SMILES string of the molecule is C=C(C)C(=O)OC(COCCOc1ccc(C(C)(C)c2ccc(O)cc2)cc1)OC(=O)C(=C)C. The summed E-state index contributed by atoms with van der Waals surface area (Å²) in [6.45, 7) is 14.5. The highest BCUT2D eigenvalue weighted by molar-refractivity contribution is 5.88. The molecule has 34 heavy (non-hydrogen) atoms. The van der Waals surface area contributed by atoms with Gasteiger partial charge in [0.15, 0.2) is 0 Å². The predicted molar refractivity (Wildman–Crippen MR) is 129 cm³/mol.